The number of hydrogen-bond donors (Lipinski definition) is 0. The molecule has 2 rings (SSSR count). The highest BCUT2D eigenvalue weighted by atomic mass is 79.9. The molecule has 2 heteroatoms. The summed E-state index contributed by atoms with van der Waals surface area (Å²) in [5, 5.41) is 0. The maximum atomic E-state index is 12.2. The summed E-state index contributed by atoms with van der Waals surface area (Å²) in [4.78, 5) is 12.2. The van der Waals surface area contributed by atoms with Gasteiger partial charge < -0.3 is 0 Å². The van der Waals surface area contributed by atoms with Crippen LogP contribution in [-0.4, -0.2) is 5.78 Å². The van der Waals surface area contributed by atoms with Gasteiger partial charge in [0.1, 0.15) is 0 Å². The lowest BCUT2D eigenvalue weighted by Crippen LogP contribution is -2.09. The van der Waals surface area contributed by atoms with E-state index in [0.717, 1.165) is 15.6 Å². The molecule has 0 bridgehead atoms. The number of carbonyl (C=O) groups is 1. The Balaban J connectivity index is 2.23. The molecule has 0 aliphatic rings. The third-order valence-corrected chi connectivity index (χ3v) is 3.35. The van der Waals surface area contributed by atoms with Crippen molar-refractivity contribution in [2.45, 2.75) is 12.8 Å². The van der Waals surface area contributed by atoms with Crippen LogP contribution in [0.1, 0.15) is 28.8 Å². The minimum atomic E-state index is -0.106. The standard InChI is InChI=1S/C15H13BrO/c1-11(12-7-9-14(16)10-8-12)15(17)13-5-3-2-4-6-13/h2-11H,1H3. The fourth-order valence-electron chi connectivity index (χ4n) is 1.76. The van der Waals surface area contributed by atoms with E-state index in [1.54, 1.807) is 0 Å². The first-order valence-corrected chi connectivity index (χ1v) is 6.32. The molecule has 86 valence electrons. The molecule has 0 spiro atoms. The van der Waals surface area contributed by atoms with Crippen molar-refractivity contribution in [3.05, 3.63) is 70.2 Å². The van der Waals surface area contributed by atoms with E-state index in [2.05, 4.69) is 15.9 Å². The van der Waals surface area contributed by atoms with Gasteiger partial charge in [-0.05, 0) is 17.7 Å². The Morgan fingerprint density at radius 3 is 2.18 bits per heavy atom. The Labute approximate surface area is 110 Å². The normalized spacial score (nSPS) is 12.1. The van der Waals surface area contributed by atoms with Crippen molar-refractivity contribution in [1.82, 2.24) is 0 Å². The van der Waals surface area contributed by atoms with Crippen molar-refractivity contribution in [2.75, 3.05) is 0 Å². The predicted molar refractivity (Wildman–Crippen MR) is 73.3 cm³/mol. The molecule has 0 saturated heterocycles. The average Bonchev–Trinajstić information content (AvgIpc) is 2.39. The van der Waals surface area contributed by atoms with Crippen LogP contribution in [0.25, 0.3) is 0 Å². The summed E-state index contributed by atoms with van der Waals surface area (Å²) >= 11 is 3.39. The summed E-state index contributed by atoms with van der Waals surface area (Å²) in [5.41, 5.74) is 1.81. The fourth-order valence-corrected chi connectivity index (χ4v) is 2.02. The molecule has 0 saturated carbocycles. The molecule has 0 amide bonds. The van der Waals surface area contributed by atoms with Crippen LogP contribution in [0.3, 0.4) is 0 Å². The molecular weight excluding hydrogens is 276 g/mol. The second-order valence-electron chi connectivity index (χ2n) is 4.00. The van der Waals surface area contributed by atoms with Crippen LogP contribution in [0.15, 0.2) is 59.1 Å². The van der Waals surface area contributed by atoms with Crippen LogP contribution in [-0.2, 0) is 0 Å². The lowest BCUT2D eigenvalue weighted by Gasteiger charge is -2.10. The SMILES string of the molecule is CC(C(=O)c1ccccc1)c1ccc(Br)cc1. The molecule has 0 aliphatic heterocycles. The Morgan fingerprint density at radius 2 is 1.59 bits per heavy atom. The van der Waals surface area contributed by atoms with E-state index < -0.39 is 0 Å². The Bertz CT molecular complexity index is 502. The number of rotatable bonds is 3. The van der Waals surface area contributed by atoms with Crippen LogP contribution < -0.4 is 0 Å². The van der Waals surface area contributed by atoms with Gasteiger partial charge in [-0.1, -0.05) is 65.3 Å². The van der Waals surface area contributed by atoms with E-state index >= 15 is 0 Å². The van der Waals surface area contributed by atoms with Gasteiger partial charge in [0.25, 0.3) is 0 Å². The van der Waals surface area contributed by atoms with E-state index in [-0.39, 0.29) is 11.7 Å². The number of benzene rings is 2. The first kappa shape index (κ1) is 12.1. The van der Waals surface area contributed by atoms with E-state index in [1.165, 1.54) is 0 Å². The van der Waals surface area contributed by atoms with E-state index in [9.17, 15) is 4.79 Å². The predicted octanol–water partition coefficient (Wildman–Crippen LogP) is 4.44. The maximum absolute atomic E-state index is 12.2. The second-order valence-corrected chi connectivity index (χ2v) is 4.92. The van der Waals surface area contributed by atoms with Crippen LogP contribution in [0.4, 0.5) is 0 Å². The zero-order chi connectivity index (χ0) is 12.3. The van der Waals surface area contributed by atoms with E-state index in [0.29, 0.717) is 0 Å². The lowest BCUT2D eigenvalue weighted by molar-refractivity contribution is 0.0966. The molecule has 0 radical (unpaired) electrons. The Kier molecular flexibility index (Phi) is 3.75. The highest BCUT2D eigenvalue weighted by molar-refractivity contribution is 9.10. The van der Waals surface area contributed by atoms with Gasteiger partial charge in [0.2, 0.25) is 0 Å². The van der Waals surface area contributed by atoms with Crippen LogP contribution >= 0.6 is 15.9 Å². The molecule has 0 aliphatic carbocycles. The van der Waals surface area contributed by atoms with Crippen molar-refractivity contribution in [3.8, 4) is 0 Å². The number of ketones is 1. The molecule has 0 aromatic heterocycles. The number of hydrogen-bond acceptors (Lipinski definition) is 1. The van der Waals surface area contributed by atoms with Gasteiger partial charge in [0.05, 0.1) is 0 Å². The minimum Gasteiger partial charge on any atom is -0.294 e. The van der Waals surface area contributed by atoms with Crippen molar-refractivity contribution in [1.29, 1.82) is 0 Å². The highest BCUT2D eigenvalue weighted by Crippen LogP contribution is 2.22. The summed E-state index contributed by atoms with van der Waals surface area (Å²) in [6.07, 6.45) is 0. The maximum Gasteiger partial charge on any atom is 0.170 e. The Hall–Kier alpha value is -1.41. The zero-order valence-electron chi connectivity index (χ0n) is 9.56. The fraction of sp³-hybridized carbons (Fsp3) is 0.133. The topological polar surface area (TPSA) is 17.1 Å². The monoisotopic (exact) mass is 288 g/mol. The van der Waals surface area contributed by atoms with Gasteiger partial charge in [-0.2, -0.15) is 0 Å². The molecule has 2 aromatic carbocycles. The molecule has 0 heterocycles. The Morgan fingerprint density at radius 1 is 1.00 bits per heavy atom. The number of carbonyl (C=O) groups excluding carboxylic acids is 1. The van der Waals surface area contributed by atoms with Crippen molar-refractivity contribution < 1.29 is 4.79 Å². The summed E-state index contributed by atoms with van der Waals surface area (Å²) in [5.74, 6) is 0.0541. The summed E-state index contributed by atoms with van der Waals surface area (Å²) in [6, 6.07) is 17.3. The van der Waals surface area contributed by atoms with E-state index in [1.807, 2.05) is 61.5 Å². The average molecular weight is 289 g/mol. The van der Waals surface area contributed by atoms with Crippen molar-refractivity contribution in [2.24, 2.45) is 0 Å². The second kappa shape index (κ2) is 5.28. The largest absolute Gasteiger partial charge is 0.294 e. The quantitative estimate of drug-likeness (QED) is 0.764. The first-order chi connectivity index (χ1) is 8.18. The smallest absolute Gasteiger partial charge is 0.170 e. The zero-order valence-corrected chi connectivity index (χ0v) is 11.1. The number of halogens is 1. The van der Waals surface area contributed by atoms with Crippen molar-refractivity contribution >= 4 is 21.7 Å². The first-order valence-electron chi connectivity index (χ1n) is 5.53. The van der Waals surface area contributed by atoms with Gasteiger partial charge in [-0.15, -0.1) is 0 Å². The summed E-state index contributed by atoms with van der Waals surface area (Å²) in [6.45, 7) is 1.94. The molecule has 17 heavy (non-hydrogen) atoms. The molecule has 1 nitrogen and oxygen atoms in total. The van der Waals surface area contributed by atoms with Gasteiger partial charge >= 0.3 is 0 Å². The van der Waals surface area contributed by atoms with E-state index in [4.69, 9.17) is 0 Å². The van der Waals surface area contributed by atoms with Crippen LogP contribution in [0.2, 0.25) is 0 Å². The molecule has 0 N–H and O–H groups in total. The van der Waals surface area contributed by atoms with Gasteiger partial charge in [-0.25, -0.2) is 0 Å². The minimum absolute atomic E-state index is 0.106. The highest BCUT2D eigenvalue weighted by Gasteiger charge is 2.16. The summed E-state index contributed by atoms with van der Waals surface area (Å²) < 4.78 is 1.03. The lowest BCUT2D eigenvalue weighted by atomic mass is 9.92. The van der Waals surface area contributed by atoms with Crippen molar-refractivity contribution in [3.63, 3.8) is 0 Å². The van der Waals surface area contributed by atoms with Crippen LogP contribution in [0.5, 0.6) is 0 Å². The van der Waals surface area contributed by atoms with Gasteiger partial charge in [0.15, 0.2) is 5.78 Å². The molecule has 1 unspecified atom stereocenters. The molecular formula is C15H13BrO. The third kappa shape index (κ3) is 2.83. The third-order valence-electron chi connectivity index (χ3n) is 2.82. The van der Waals surface area contributed by atoms with Crippen LogP contribution in [0, 0.1) is 0 Å². The van der Waals surface area contributed by atoms with Gasteiger partial charge in [0, 0.05) is 16.0 Å². The summed E-state index contributed by atoms with van der Waals surface area (Å²) in [7, 11) is 0. The molecule has 0 fully saturated rings. The van der Waals surface area contributed by atoms with Gasteiger partial charge in [-0.3, -0.25) is 4.79 Å². The molecule has 1 atom stereocenters. The molecule has 2 aromatic rings. The number of Topliss-reactive ketones (excluding diaryl/α,β-unsaturated/α-hetero) is 1.